The van der Waals surface area contributed by atoms with Crippen molar-refractivity contribution in [3.05, 3.63) is 102 Å². The highest BCUT2D eigenvalue weighted by Crippen LogP contribution is 2.42. The van der Waals surface area contributed by atoms with E-state index in [0.717, 1.165) is 31.4 Å². The second-order valence-electron chi connectivity index (χ2n) is 9.08. The molecule has 3 aromatic carbocycles. The molecule has 1 amide bonds. The fourth-order valence-electron chi connectivity index (χ4n) is 5.02. The van der Waals surface area contributed by atoms with Crippen molar-refractivity contribution in [1.82, 2.24) is 0 Å². The topological polar surface area (TPSA) is 29.1 Å². The van der Waals surface area contributed by atoms with Gasteiger partial charge in [0.15, 0.2) is 0 Å². The van der Waals surface area contributed by atoms with Gasteiger partial charge in [0.2, 0.25) is 0 Å². The predicted octanol–water partition coefficient (Wildman–Crippen LogP) is 8.52. The summed E-state index contributed by atoms with van der Waals surface area (Å²) in [4.78, 5) is 13.3. The van der Waals surface area contributed by atoms with E-state index < -0.39 is 0 Å². The number of benzene rings is 3. The largest absolute Gasteiger partial charge is 0.321 e. The van der Waals surface area contributed by atoms with Crippen molar-refractivity contribution < 1.29 is 4.79 Å². The maximum atomic E-state index is 13.3. The minimum Gasteiger partial charge on any atom is -0.321 e. The molecule has 166 valence electrons. The van der Waals surface area contributed by atoms with Gasteiger partial charge in [-0.15, -0.1) is 0 Å². The van der Waals surface area contributed by atoms with Gasteiger partial charge in [-0.05, 0) is 97.9 Å². The van der Waals surface area contributed by atoms with Crippen molar-refractivity contribution in [3.8, 4) is 11.1 Å². The van der Waals surface area contributed by atoms with Gasteiger partial charge >= 0.3 is 0 Å². The number of nitrogens with one attached hydrogen (secondary N) is 1. The number of carbonyl (C=O) groups excluding carboxylic acids is 1. The Bertz CT molecular complexity index is 1140. The number of allylic oxidation sites excluding steroid dienone is 4. The molecule has 0 fully saturated rings. The van der Waals surface area contributed by atoms with Crippen molar-refractivity contribution in [2.45, 2.75) is 51.4 Å². The standard InChI is InChI=1S/C31H31NO/c33-31(26-19-11-4-12-20-26)32-30-28(24-15-7-2-8-16-24)21-27(23-13-5-1-6-14-23)22-29(30)25-17-9-3-10-18-25/h1,4-6,11-15,17,19-22H,2-3,7-10,16,18H2,(H,32,33). The van der Waals surface area contributed by atoms with Crippen molar-refractivity contribution in [2.24, 2.45) is 0 Å². The van der Waals surface area contributed by atoms with Gasteiger partial charge in [-0.25, -0.2) is 0 Å². The molecular weight excluding hydrogens is 402 g/mol. The van der Waals surface area contributed by atoms with E-state index in [9.17, 15) is 4.79 Å². The molecule has 2 nitrogen and oxygen atoms in total. The lowest BCUT2D eigenvalue weighted by Gasteiger charge is -2.24. The summed E-state index contributed by atoms with van der Waals surface area (Å²) in [5, 5.41) is 3.35. The van der Waals surface area contributed by atoms with Crippen LogP contribution in [0.2, 0.25) is 0 Å². The molecule has 0 saturated carbocycles. The number of carbonyl (C=O) groups is 1. The Morgan fingerprint density at radius 1 is 0.636 bits per heavy atom. The lowest BCUT2D eigenvalue weighted by atomic mass is 9.84. The molecule has 0 aliphatic heterocycles. The fraction of sp³-hybridized carbons (Fsp3) is 0.258. The molecule has 5 rings (SSSR count). The van der Waals surface area contributed by atoms with Gasteiger partial charge in [-0.1, -0.05) is 60.7 Å². The van der Waals surface area contributed by atoms with Crippen LogP contribution in [-0.4, -0.2) is 5.91 Å². The lowest BCUT2D eigenvalue weighted by molar-refractivity contribution is 0.102. The molecule has 1 N–H and O–H groups in total. The minimum atomic E-state index is -0.0432. The second kappa shape index (κ2) is 10.0. The van der Waals surface area contributed by atoms with Gasteiger partial charge in [-0.3, -0.25) is 4.79 Å². The highest BCUT2D eigenvalue weighted by Gasteiger charge is 2.21. The summed E-state index contributed by atoms with van der Waals surface area (Å²) in [6.07, 6.45) is 14.0. The Morgan fingerprint density at radius 2 is 1.18 bits per heavy atom. The van der Waals surface area contributed by atoms with Crippen LogP contribution in [0.5, 0.6) is 0 Å². The van der Waals surface area contributed by atoms with Crippen LogP contribution in [0.1, 0.15) is 72.9 Å². The zero-order valence-corrected chi connectivity index (χ0v) is 19.1. The van der Waals surface area contributed by atoms with Gasteiger partial charge in [-0.2, -0.15) is 0 Å². The zero-order valence-electron chi connectivity index (χ0n) is 19.1. The van der Waals surface area contributed by atoms with Crippen LogP contribution in [0.25, 0.3) is 22.3 Å². The van der Waals surface area contributed by atoms with E-state index in [4.69, 9.17) is 0 Å². The zero-order chi connectivity index (χ0) is 22.5. The van der Waals surface area contributed by atoms with E-state index in [-0.39, 0.29) is 5.91 Å². The van der Waals surface area contributed by atoms with E-state index in [1.165, 1.54) is 59.1 Å². The van der Waals surface area contributed by atoms with Crippen molar-refractivity contribution in [1.29, 1.82) is 0 Å². The van der Waals surface area contributed by atoms with Crippen molar-refractivity contribution in [2.75, 3.05) is 5.32 Å². The maximum Gasteiger partial charge on any atom is 0.255 e. The number of hydrogen-bond donors (Lipinski definition) is 1. The number of amides is 1. The van der Waals surface area contributed by atoms with Crippen LogP contribution < -0.4 is 5.32 Å². The summed E-state index contributed by atoms with van der Waals surface area (Å²) in [5.74, 6) is -0.0432. The molecule has 0 bridgehead atoms. The number of hydrogen-bond acceptors (Lipinski definition) is 1. The summed E-state index contributed by atoms with van der Waals surface area (Å²) in [6.45, 7) is 0. The molecular formula is C31H31NO. The first kappa shape index (κ1) is 21.5. The molecule has 2 heteroatoms. The molecule has 0 atom stereocenters. The maximum absolute atomic E-state index is 13.3. The van der Waals surface area contributed by atoms with Crippen molar-refractivity contribution >= 4 is 22.7 Å². The molecule has 0 unspecified atom stereocenters. The van der Waals surface area contributed by atoms with Crippen LogP contribution in [-0.2, 0) is 0 Å². The normalized spacial score (nSPS) is 16.0. The van der Waals surface area contributed by atoms with Crippen LogP contribution in [0.15, 0.2) is 84.9 Å². The first-order chi connectivity index (χ1) is 16.3. The molecule has 33 heavy (non-hydrogen) atoms. The van der Waals surface area contributed by atoms with Crippen molar-refractivity contribution in [3.63, 3.8) is 0 Å². The molecule has 0 radical (unpaired) electrons. The molecule has 3 aromatic rings. The smallest absolute Gasteiger partial charge is 0.255 e. The van der Waals surface area contributed by atoms with E-state index in [1.807, 2.05) is 30.3 Å². The van der Waals surface area contributed by atoms with Crippen LogP contribution >= 0.6 is 0 Å². The van der Waals surface area contributed by atoms with Gasteiger partial charge in [0, 0.05) is 16.7 Å². The average Bonchev–Trinajstić information content (AvgIpc) is 2.90. The third kappa shape index (κ3) is 4.85. The van der Waals surface area contributed by atoms with Crippen LogP contribution in [0.4, 0.5) is 5.69 Å². The Hall–Kier alpha value is -3.39. The summed E-state index contributed by atoms with van der Waals surface area (Å²) in [6, 6.07) is 24.7. The second-order valence-corrected chi connectivity index (χ2v) is 9.08. The van der Waals surface area contributed by atoms with Crippen LogP contribution in [0.3, 0.4) is 0 Å². The van der Waals surface area contributed by atoms with Gasteiger partial charge in [0.05, 0.1) is 5.69 Å². The van der Waals surface area contributed by atoms with E-state index in [1.54, 1.807) is 0 Å². The monoisotopic (exact) mass is 433 g/mol. The fourth-order valence-corrected chi connectivity index (χ4v) is 5.02. The Morgan fingerprint density at radius 3 is 1.70 bits per heavy atom. The Labute approximate surface area is 197 Å². The molecule has 0 heterocycles. The molecule has 0 spiro atoms. The summed E-state index contributed by atoms with van der Waals surface area (Å²) in [5.41, 5.74) is 9.19. The highest BCUT2D eigenvalue weighted by molar-refractivity contribution is 6.08. The van der Waals surface area contributed by atoms with E-state index >= 15 is 0 Å². The Balaban J connectivity index is 1.69. The SMILES string of the molecule is O=C(Nc1c(C2=CCCCC2)cc(-c2ccccc2)cc1C1=CCCCC1)c1ccccc1. The first-order valence-corrected chi connectivity index (χ1v) is 12.3. The van der Waals surface area contributed by atoms with Gasteiger partial charge in [0.1, 0.15) is 0 Å². The molecule has 2 aliphatic carbocycles. The predicted molar refractivity (Wildman–Crippen MR) is 139 cm³/mol. The number of anilines is 1. The molecule has 0 saturated heterocycles. The van der Waals surface area contributed by atoms with Crippen LogP contribution in [0, 0.1) is 0 Å². The summed E-state index contributed by atoms with van der Waals surface area (Å²) < 4.78 is 0. The third-order valence-corrected chi connectivity index (χ3v) is 6.79. The Kier molecular flexibility index (Phi) is 6.53. The summed E-state index contributed by atoms with van der Waals surface area (Å²) in [7, 11) is 0. The van der Waals surface area contributed by atoms with E-state index in [2.05, 4.69) is 59.9 Å². The quantitative estimate of drug-likeness (QED) is 0.429. The number of rotatable bonds is 5. The van der Waals surface area contributed by atoms with E-state index in [0.29, 0.717) is 5.56 Å². The summed E-state index contributed by atoms with van der Waals surface area (Å²) >= 11 is 0. The minimum absolute atomic E-state index is 0.0432. The third-order valence-electron chi connectivity index (χ3n) is 6.79. The molecule has 0 aromatic heterocycles. The molecule has 2 aliphatic rings. The van der Waals surface area contributed by atoms with Gasteiger partial charge in [0.25, 0.3) is 5.91 Å². The highest BCUT2D eigenvalue weighted by atomic mass is 16.1. The first-order valence-electron chi connectivity index (χ1n) is 12.3. The lowest BCUT2D eigenvalue weighted by Crippen LogP contribution is -2.15. The average molecular weight is 434 g/mol. The van der Waals surface area contributed by atoms with Gasteiger partial charge < -0.3 is 5.32 Å².